The number of aromatic nitrogens is 2. The molecule has 3 rings (SSSR count). The normalized spacial score (nSPS) is 12.5. The highest BCUT2D eigenvalue weighted by Crippen LogP contribution is 2.58. The number of hydrogen-bond acceptors (Lipinski definition) is 7. The van der Waals surface area contributed by atoms with Crippen molar-refractivity contribution in [3.63, 3.8) is 0 Å². The molecule has 0 bridgehead atoms. The topological polar surface area (TPSA) is 104 Å². The van der Waals surface area contributed by atoms with Crippen molar-refractivity contribution in [2.45, 2.75) is 12.7 Å². The Morgan fingerprint density at radius 2 is 1.68 bits per heavy atom. The molecule has 0 radical (unpaired) electrons. The van der Waals surface area contributed by atoms with Crippen LogP contribution < -0.4 is 5.32 Å². The Balaban J connectivity index is 1.94. The minimum atomic E-state index is -3.80. The van der Waals surface area contributed by atoms with Crippen molar-refractivity contribution in [3.05, 3.63) is 71.6 Å². The molecule has 0 aliphatic rings. The number of nitrogens with zero attached hydrogens (tertiary/aromatic N) is 2. The predicted octanol–water partition coefficient (Wildman–Crippen LogP) is 3.96. The molecule has 28 heavy (non-hydrogen) atoms. The van der Waals surface area contributed by atoms with Crippen LogP contribution in [0.2, 0.25) is 0 Å². The van der Waals surface area contributed by atoms with Gasteiger partial charge < -0.3 is 18.8 Å². The van der Waals surface area contributed by atoms with Crippen LogP contribution >= 0.6 is 7.60 Å². The monoisotopic (exact) mass is 401 g/mol. The summed E-state index contributed by atoms with van der Waals surface area (Å²) >= 11 is 0. The highest BCUT2D eigenvalue weighted by Gasteiger charge is 2.41. The van der Waals surface area contributed by atoms with Crippen LogP contribution in [0.1, 0.15) is 27.6 Å². The molecule has 1 atom stereocenters. The van der Waals surface area contributed by atoms with Crippen LogP contribution in [0.4, 0.5) is 0 Å². The average molecular weight is 401 g/mol. The molecule has 0 saturated heterocycles. The minimum absolute atomic E-state index is 0.0770. The van der Waals surface area contributed by atoms with E-state index >= 15 is 0 Å². The summed E-state index contributed by atoms with van der Waals surface area (Å²) in [4.78, 5) is 12.6. The summed E-state index contributed by atoms with van der Waals surface area (Å²) in [7, 11) is -1.35. The van der Waals surface area contributed by atoms with Crippen molar-refractivity contribution >= 4 is 13.5 Å². The molecular formula is C19H20N3O5P. The van der Waals surface area contributed by atoms with Gasteiger partial charge in [-0.1, -0.05) is 35.9 Å². The summed E-state index contributed by atoms with van der Waals surface area (Å²) < 4.78 is 28.8. The van der Waals surface area contributed by atoms with Crippen LogP contribution in [0.3, 0.4) is 0 Å². The van der Waals surface area contributed by atoms with Gasteiger partial charge >= 0.3 is 7.60 Å². The van der Waals surface area contributed by atoms with Crippen molar-refractivity contribution in [2.24, 2.45) is 0 Å². The lowest BCUT2D eigenvalue weighted by molar-refractivity contribution is 0.0935. The lowest BCUT2D eigenvalue weighted by atomic mass is 10.1. The molecular weight excluding hydrogens is 381 g/mol. The minimum Gasteiger partial charge on any atom is -0.418 e. The molecule has 2 aromatic carbocycles. The highest BCUT2D eigenvalue weighted by atomic mass is 31.2. The molecule has 0 aliphatic heterocycles. The molecule has 0 unspecified atom stereocenters. The maximum atomic E-state index is 13.0. The highest BCUT2D eigenvalue weighted by molar-refractivity contribution is 7.54. The molecule has 0 spiro atoms. The molecule has 1 aromatic heterocycles. The third-order valence-corrected chi connectivity index (χ3v) is 6.10. The molecule has 146 valence electrons. The first-order chi connectivity index (χ1) is 13.5. The average Bonchev–Trinajstić information content (AvgIpc) is 3.22. The van der Waals surface area contributed by atoms with Crippen LogP contribution in [-0.4, -0.2) is 30.3 Å². The number of benzene rings is 2. The Hall–Kier alpha value is -2.80. The second kappa shape index (κ2) is 8.48. The van der Waals surface area contributed by atoms with Crippen molar-refractivity contribution in [2.75, 3.05) is 14.2 Å². The van der Waals surface area contributed by atoms with E-state index in [2.05, 4.69) is 15.5 Å². The second-order valence-corrected chi connectivity index (χ2v) is 8.28. The standard InChI is InChI=1S/C19H20N3O5P/c1-13-9-11-15(12-10-13)17-21-22-18(27-17)19(28(24,25-2)26-3)20-16(23)14-7-5-4-6-8-14/h4-12,19H,1-3H3,(H,20,23)/t19-/m1/s1. The number of aryl methyl sites for hydroxylation is 1. The van der Waals surface area contributed by atoms with E-state index < -0.39 is 19.3 Å². The SMILES string of the molecule is COP(=O)(OC)[C@@H](NC(=O)c1ccccc1)c1nnc(-c2ccc(C)cc2)o1. The quantitative estimate of drug-likeness (QED) is 0.598. The van der Waals surface area contributed by atoms with E-state index in [1.54, 1.807) is 30.3 Å². The van der Waals surface area contributed by atoms with E-state index in [-0.39, 0.29) is 11.8 Å². The van der Waals surface area contributed by atoms with Gasteiger partial charge in [-0.3, -0.25) is 9.36 Å². The van der Waals surface area contributed by atoms with Gasteiger partial charge in [-0.2, -0.15) is 0 Å². The molecule has 1 N–H and O–H groups in total. The Morgan fingerprint density at radius 1 is 1.04 bits per heavy atom. The van der Waals surface area contributed by atoms with Gasteiger partial charge in [-0.15, -0.1) is 10.2 Å². The van der Waals surface area contributed by atoms with Gasteiger partial charge in [0.25, 0.3) is 11.8 Å². The third kappa shape index (κ3) is 4.20. The van der Waals surface area contributed by atoms with Gasteiger partial charge in [-0.05, 0) is 31.2 Å². The first-order valence-electron chi connectivity index (χ1n) is 8.44. The first-order valence-corrected chi connectivity index (χ1v) is 10.1. The fraction of sp³-hybridized carbons (Fsp3) is 0.211. The largest absolute Gasteiger partial charge is 0.418 e. The van der Waals surface area contributed by atoms with Crippen molar-refractivity contribution < 1.29 is 22.8 Å². The summed E-state index contributed by atoms with van der Waals surface area (Å²) in [6.07, 6.45) is 0. The summed E-state index contributed by atoms with van der Waals surface area (Å²) in [6.45, 7) is 1.96. The van der Waals surface area contributed by atoms with Gasteiger partial charge in [0.1, 0.15) is 0 Å². The molecule has 0 aliphatic carbocycles. The molecule has 8 nitrogen and oxygen atoms in total. The Morgan fingerprint density at radius 3 is 2.29 bits per heavy atom. The molecule has 0 fully saturated rings. The number of hydrogen-bond donors (Lipinski definition) is 1. The zero-order chi connectivity index (χ0) is 20.1. The van der Waals surface area contributed by atoms with Gasteiger partial charge in [0.2, 0.25) is 11.7 Å². The van der Waals surface area contributed by atoms with Crippen LogP contribution in [0.5, 0.6) is 0 Å². The van der Waals surface area contributed by atoms with Gasteiger partial charge in [-0.25, -0.2) is 0 Å². The number of nitrogens with one attached hydrogen (secondary N) is 1. The van der Waals surface area contributed by atoms with Gasteiger partial charge in [0.05, 0.1) is 0 Å². The number of amides is 1. The maximum Gasteiger partial charge on any atom is 0.361 e. The maximum absolute atomic E-state index is 13.0. The molecule has 1 amide bonds. The van der Waals surface area contributed by atoms with Crippen LogP contribution in [0, 0.1) is 6.92 Å². The second-order valence-electron chi connectivity index (χ2n) is 5.96. The zero-order valence-corrected chi connectivity index (χ0v) is 16.6. The summed E-state index contributed by atoms with van der Waals surface area (Å²) in [5.41, 5.74) is 2.16. The van der Waals surface area contributed by atoms with E-state index in [0.717, 1.165) is 5.56 Å². The van der Waals surface area contributed by atoms with Crippen LogP contribution in [0.15, 0.2) is 59.0 Å². The van der Waals surface area contributed by atoms with E-state index in [1.807, 2.05) is 31.2 Å². The Labute approximate surface area is 162 Å². The Kier molecular flexibility index (Phi) is 6.04. The van der Waals surface area contributed by atoms with Crippen molar-refractivity contribution in [1.29, 1.82) is 0 Å². The van der Waals surface area contributed by atoms with Crippen molar-refractivity contribution in [3.8, 4) is 11.5 Å². The third-order valence-electron chi connectivity index (χ3n) is 4.10. The molecule has 1 heterocycles. The fourth-order valence-electron chi connectivity index (χ4n) is 2.52. The molecule has 0 saturated carbocycles. The van der Waals surface area contributed by atoms with Gasteiger partial charge in [0, 0.05) is 25.3 Å². The first kappa shape index (κ1) is 19.9. The molecule has 9 heteroatoms. The van der Waals surface area contributed by atoms with Crippen LogP contribution in [0.25, 0.3) is 11.5 Å². The lowest BCUT2D eigenvalue weighted by Crippen LogP contribution is -2.29. The van der Waals surface area contributed by atoms with E-state index in [1.165, 1.54) is 14.2 Å². The number of carbonyl (C=O) groups excluding carboxylic acids is 1. The fourth-order valence-corrected chi connectivity index (χ4v) is 3.74. The summed E-state index contributed by atoms with van der Waals surface area (Å²) in [5, 5.41) is 10.6. The van der Waals surface area contributed by atoms with Crippen molar-refractivity contribution in [1.82, 2.24) is 15.5 Å². The van der Waals surface area contributed by atoms with Gasteiger partial charge in [0.15, 0.2) is 0 Å². The smallest absolute Gasteiger partial charge is 0.361 e. The van der Waals surface area contributed by atoms with E-state index in [0.29, 0.717) is 11.1 Å². The van der Waals surface area contributed by atoms with E-state index in [4.69, 9.17) is 13.5 Å². The summed E-state index contributed by atoms with van der Waals surface area (Å²) in [6, 6.07) is 16.0. The van der Waals surface area contributed by atoms with Crippen LogP contribution in [-0.2, 0) is 13.6 Å². The molecule has 3 aromatic rings. The summed E-state index contributed by atoms with van der Waals surface area (Å²) in [5.74, 6) is -1.59. The lowest BCUT2D eigenvalue weighted by Gasteiger charge is -2.22. The number of rotatable bonds is 7. The number of carbonyl (C=O) groups is 1. The predicted molar refractivity (Wildman–Crippen MR) is 103 cm³/mol. The Bertz CT molecular complexity index is 980. The zero-order valence-electron chi connectivity index (χ0n) is 15.7. The van der Waals surface area contributed by atoms with E-state index in [9.17, 15) is 9.36 Å².